The van der Waals surface area contributed by atoms with Crippen molar-refractivity contribution in [1.82, 2.24) is 0 Å². The van der Waals surface area contributed by atoms with Crippen LogP contribution in [0, 0.1) is 13.8 Å². The summed E-state index contributed by atoms with van der Waals surface area (Å²) in [6, 6.07) is 8.31. The zero-order valence-electron chi connectivity index (χ0n) is 20.0. The molecule has 0 radical (unpaired) electrons. The summed E-state index contributed by atoms with van der Waals surface area (Å²) in [5, 5.41) is 0. The molecule has 5 heteroatoms. The third kappa shape index (κ3) is 5.18. The molecule has 2 aromatic rings. The number of rotatable bonds is 6. The Hall–Kier alpha value is -1.77. The molecule has 0 aliphatic carbocycles. The molecule has 1 aliphatic heterocycles. The Balaban J connectivity index is 2.25. The maximum absolute atomic E-state index is 13.2. The fraction of sp³-hybridized carbons (Fsp3) is 0.538. The van der Waals surface area contributed by atoms with E-state index in [0.717, 1.165) is 59.1 Å². The molecule has 1 heterocycles. The van der Waals surface area contributed by atoms with Gasteiger partial charge in [-0.05, 0) is 54.7 Å². The normalized spacial score (nSPS) is 19.4. The Morgan fingerprint density at radius 1 is 1.00 bits per heavy atom. The van der Waals surface area contributed by atoms with E-state index in [0.29, 0.717) is 17.9 Å². The summed E-state index contributed by atoms with van der Waals surface area (Å²) in [6.07, 6.45) is 4.60. The predicted molar refractivity (Wildman–Crippen MR) is 128 cm³/mol. The van der Waals surface area contributed by atoms with Crippen molar-refractivity contribution < 1.29 is 18.5 Å². The predicted octanol–water partition coefficient (Wildman–Crippen LogP) is 7.75. The van der Waals surface area contributed by atoms with Gasteiger partial charge in [0.05, 0.1) is 0 Å². The molecule has 0 saturated heterocycles. The maximum atomic E-state index is 13.2. The van der Waals surface area contributed by atoms with E-state index in [9.17, 15) is 9.46 Å². The number of aryl methyl sites for hydroxylation is 2. The largest absolute Gasteiger partial charge is 0.584 e. The Labute approximate surface area is 187 Å². The molecule has 2 aromatic carbocycles. The summed E-state index contributed by atoms with van der Waals surface area (Å²) in [5.74, 6) is 1.25. The van der Waals surface area contributed by atoms with Crippen molar-refractivity contribution >= 4 is 7.82 Å². The van der Waals surface area contributed by atoms with Gasteiger partial charge in [0.2, 0.25) is 0 Å². The minimum absolute atomic E-state index is 0.180. The molecular formula is C26H37O4P. The number of hydrogen-bond acceptors (Lipinski definition) is 3. The summed E-state index contributed by atoms with van der Waals surface area (Å²) in [5.41, 5.74) is 5.93. The van der Waals surface area contributed by atoms with Gasteiger partial charge in [0.15, 0.2) is 0 Å². The van der Waals surface area contributed by atoms with E-state index >= 15 is 0 Å². The highest BCUT2D eigenvalue weighted by atomic mass is 31.2. The monoisotopic (exact) mass is 444 g/mol. The zero-order chi connectivity index (χ0) is 23.0. The molecule has 0 aromatic heterocycles. The van der Waals surface area contributed by atoms with Crippen LogP contribution in [0.25, 0.3) is 0 Å². The molecule has 1 N–H and O–H groups in total. The van der Waals surface area contributed by atoms with E-state index in [2.05, 4.69) is 72.7 Å². The maximum Gasteiger partial charge on any atom is 0.584 e. The Bertz CT molecular complexity index is 1010. The molecule has 1 aliphatic rings. The van der Waals surface area contributed by atoms with Gasteiger partial charge < -0.3 is 9.05 Å². The smallest absolute Gasteiger partial charge is 0.395 e. The SMILES string of the molecule is CCCC(C)c1cc(C)cc2c1OP(=O)(O)Oc1c(cc(C)cc1C(C)(C)CCC)C2. The van der Waals surface area contributed by atoms with E-state index in [4.69, 9.17) is 9.05 Å². The molecule has 0 bridgehead atoms. The number of fused-ring (bicyclic) bond motifs is 2. The first kappa shape index (κ1) is 23.9. The highest BCUT2D eigenvalue weighted by Crippen LogP contribution is 2.53. The molecule has 0 spiro atoms. The van der Waals surface area contributed by atoms with E-state index < -0.39 is 7.82 Å². The minimum atomic E-state index is -4.35. The lowest BCUT2D eigenvalue weighted by Crippen LogP contribution is -2.20. The lowest BCUT2D eigenvalue weighted by Gasteiger charge is -2.32. The summed E-state index contributed by atoms with van der Waals surface area (Å²) >= 11 is 0. The molecule has 2 unspecified atom stereocenters. The van der Waals surface area contributed by atoms with Crippen molar-refractivity contribution in [3.05, 3.63) is 57.6 Å². The van der Waals surface area contributed by atoms with E-state index in [1.807, 2.05) is 0 Å². The van der Waals surface area contributed by atoms with Crippen LogP contribution in [0.3, 0.4) is 0 Å². The quantitative estimate of drug-likeness (QED) is 0.463. The average molecular weight is 445 g/mol. The van der Waals surface area contributed by atoms with Crippen LogP contribution in [0.4, 0.5) is 0 Å². The van der Waals surface area contributed by atoms with Crippen LogP contribution in [0.5, 0.6) is 11.5 Å². The van der Waals surface area contributed by atoms with Crippen molar-refractivity contribution in [2.24, 2.45) is 0 Å². The summed E-state index contributed by atoms with van der Waals surface area (Å²) < 4.78 is 24.8. The molecule has 170 valence electrons. The van der Waals surface area contributed by atoms with Crippen LogP contribution < -0.4 is 9.05 Å². The van der Waals surface area contributed by atoms with Crippen LogP contribution in [-0.2, 0) is 16.4 Å². The van der Waals surface area contributed by atoms with Gasteiger partial charge in [0.25, 0.3) is 0 Å². The van der Waals surface area contributed by atoms with Crippen molar-refractivity contribution in [2.75, 3.05) is 0 Å². The summed E-state index contributed by atoms with van der Waals surface area (Å²) in [4.78, 5) is 10.8. The second-order valence-electron chi connectivity index (χ2n) is 9.79. The molecular weight excluding hydrogens is 407 g/mol. The molecule has 0 amide bonds. The topological polar surface area (TPSA) is 55.8 Å². The minimum Gasteiger partial charge on any atom is -0.395 e. The third-order valence-corrected chi connectivity index (χ3v) is 7.13. The van der Waals surface area contributed by atoms with Gasteiger partial charge in [0, 0.05) is 12.0 Å². The van der Waals surface area contributed by atoms with Crippen LogP contribution >= 0.6 is 7.82 Å². The molecule has 31 heavy (non-hydrogen) atoms. The fourth-order valence-electron chi connectivity index (χ4n) is 4.88. The molecule has 4 nitrogen and oxygen atoms in total. The van der Waals surface area contributed by atoms with Crippen LogP contribution in [0.15, 0.2) is 24.3 Å². The summed E-state index contributed by atoms with van der Waals surface area (Å²) in [7, 11) is -4.35. The number of phosphoric ester groups is 1. The van der Waals surface area contributed by atoms with Crippen molar-refractivity contribution in [2.45, 2.75) is 91.9 Å². The Morgan fingerprint density at radius 3 is 2.19 bits per heavy atom. The number of phosphoric acid groups is 1. The Kier molecular flexibility index (Phi) is 6.93. The van der Waals surface area contributed by atoms with Crippen molar-refractivity contribution in [3.63, 3.8) is 0 Å². The second kappa shape index (κ2) is 9.00. The fourth-order valence-corrected chi connectivity index (χ4v) is 5.82. The van der Waals surface area contributed by atoms with Gasteiger partial charge in [-0.25, -0.2) is 4.57 Å². The van der Waals surface area contributed by atoms with Gasteiger partial charge >= 0.3 is 7.82 Å². The standard InChI is InChI=1S/C26H37O4P/c1-8-10-19(5)22-14-17(3)12-20-16-21-13-18(4)15-23(26(6,7)11-9-2)25(21)30-31(27,28)29-24(20)22/h12-15,19H,8-11,16H2,1-7H3,(H,27,28). The van der Waals surface area contributed by atoms with E-state index in [-0.39, 0.29) is 11.3 Å². The molecule has 0 saturated carbocycles. The first-order valence-corrected chi connectivity index (χ1v) is 13.0. The van der Waals surface area contributed by atoms with Gasteiger partial charge in [-0.15, -0.1) is 0 Å². The van der Waals surface area contributed by atoms with Crippen molar-refractivity contribution in [1.29, 1.82) is 0 Å². The first-order valence-electron chi connectivity index (χ1n) is 11.5. The Morgan fingerprint density at radius 2 is 1.58 bits per heavy atom. The lowest BCUT2D eigenvalue weighted by molar-refractivity contribution is 0.281. The number of benzene rings is 2. The van der Waals surface area contributed by atoms with Crippen LogP contribution in [-0.4, -0.2) is 4.89 Å². The molecule has 3 rings (SSSR count). The van der Waals surface area contributed by atoms with E-state index in [1.165, 1.54) is 0 Å². The second-order valence-corrected chi connectivity index (χ2v) is 11.1. The van der Waals surface area contributed by atoms with Crippen LogP contribution in [0.1, 0.15) is 99.6 Å². The third-order valence-electron chi connectivity index (χ3n) is 6.30. The number of hydrogen-bond donors (Lipinski definition) is 1. The summed E-state index contributed by atoms with van der Waals surface area (Å²) in [6.45, 7) is 14.9. The van der Waals surface area contributed by atoms with Gasteiger partial charge in [-0.3, -0.25) is 4.89 Å². The van der Waals surface area contributed by atoms with Gasteiger partial charge in [-0.1, -0.05) is 82.9 Å². The van der Waals surface area contributed by atoms with Gasteiger partial charge in [-0.2, -0.15) is 0 Å². The van der Waals surface area contributed by atoms with Crippen molar-refractivity contribution in [3.8, 4) is 11.5 Å². The van der Waals surface area contributed by atoms with Gasteiger partial charge in [0.1, 0.15) is 11.5 Å². The zero-order valence-corrected chi connectivity index (χ0v) is 20.9. The average Bonchev–Trinajstić information content (AvgIpc) is 2.64. The lowest BCUT2D eigenvalue weighted by atomic mass is 9.78. The molecule has 2 atom stereocenters. The highest BCUT2D eigenvalue weighted by Gasteiger charge is 2.36. The van der Waals surface area contributed by atoms with E-state index in [1.54, 1.807) is 0 Å². The van der Waals surface area contributed by atoms with Crippen LogP contribution in [0.2, 0.25) is 0 Å². The first-order chi connectivity index (χ1) is 14.5. The highest BCUT2D eigenvalue weighted by molar-refractivity contribution is 7.48. The molecule has 0 fully saturated rings.